The van der Waals surface area contributed by atoms with Gasteiger partial charge in [0.15, 0.2) is 11.5 Å². The van der Waals surface area contributed by atoms with Crippen LogP contribution in [0.25, 0.3) is 11.3 Å². The van der Waals surface area contributed by atoms with Crippen molar-refractivity contribution in [1.29, 1.82) is 0 Å². The summed E-state index contributed by atoms with van der Waals surface area (Å²) in [5.41, 5.74) is 1.66. The second kappa shape index (κ2) is 8.70. The molecule has 1 N–H and O–H groups in total. The summed E-state index contributed by atoms with van der Waals surface area (Å²) in [6.07, 6.45) is 3.16. The predicted molar refractivity (Wildman–Crippen MR) is 109 cm³/mol. The number of hydrogen-bond acceptors (Lipinski definition) is 9. The lowest BCUT2D eigenvalue weighted by Gasteiger charge is -2.27. The fourth-order valence-electron chi connectivity index (χ4n) is 3.04. The van der Waals surface area contributed by atoms with E-state index in [1.54, 1.807) is 26.5 Å². The lowest BCUT2D eigenvalue weighted by molar-refractivity contribution is 0.122. The van der Waals surface area contributed by atoms with Crippen LogP contribution in [0.1, 0.15) is 0 Å². The molecule has 150 valence electrons. The van der Waals surface area contributed by atoms with Gasteiger partial charge in [0.25, 0.3) is 0 Å². The van der Waals surface area contributed by atoms with Gasteiger partial charge in [-0.1, -0.05) is 0 Å². The van der Waals surface area contributed by atoms with Crippen LogP contribution >= 0.6 is 0 Å². The first-order chi connectivity index (χ1) is 14.3. The lowest BCUT2D eigenvalue weighted by atomic mass is 10.1. The smallest absolute Gasteiger partial charge is 0.228 e. The van der Waals surface area contributed by atoms with Crippen LogP contribution in [0.15, 0.2) is 42.9 Å². The maximum absolute atomic E-state index is 5.46. The summed E-state index contributed by atoms with van der Waals surface area (Å²) >= 11 is 0. The van der Waals surface area contributed by atoms with Crippen molar-refractivity contribution >= 4 is 17.6 Å². The highest BCUT2D eigenvalue weighted by Crippen LogP contribution is 2.33. The van der Waals surface area contributed by atoms with E-state index in [1.807, 2.05) is 24.3 Å². The Kier molecular flexibility index (Phi) is 5.66. The van der Waals surface area contributed by atoms with E-state index in [0.717, 1.165) is 24.3 Å². The van der Waals surface area contributed by atoms with Crippen molar-refractivity contribution in [2.45, 2.75) is 0 Å². The summed E-state index contributed by atoms with van der Waals surface area (Å²) in [6.45, 7) is 2.78. The molecule has 3 aromatic rings. The van der Waals surface area contributed by atoms with Crippen molar-refractivity contribution < 1.29 is 14.2 Å². The van der Waals surface area contributed by atoms with Crippen LogP contribution in [-0.2, 0) is 4.74 Å². The Labute approximate surface area is 168 Å². The molecule has 3 heterocycles. The Balaban J connectivity index is 1.74. The molecule has 29 heavy (non-hydrogen) atoms. The minimum absolute atomic E-state index is 0.636. The monoisotopic (exact) mass is 394 g/mol. The van der Waals surface area contributed by atoms with Gasteiger partial charge in [-0.15, -0.1) is 0 Å². The molecule has 1 fully saturated rings. The number of benzene rings is 1. The summed E-state index contributed by atoms with van der Waals surface area (Å²) < 4.78 is 16.2. The number of ether oxygens (including phenoxy) is 3. The Bertz CT molecular complexity index is 964. The minimum Gasteiger partial charge on any atom is -0.493 e. The quantitative estimate of drug-likeness (QED) is 0.677. The van der Waals surface area contributed by atoms with E-state index in [-0.39, 0.29) is 0 Å². The van der Waals surface area contributed by atoms with Crippen LogP contribution in [0.5, 0.6) is 11.5 Å². The molecule has 0 unspecified atom stereocenters. The predicted octanol–water partition coefficient (Wildman–Crippen LogP) is 2.53. The van der Waals surface area contributed by atoms with E-state index in [2.05, 4.69) is 25.2 Å². The zero-order chi connectivity index (χ0) is 20.1. The van der Waals surface area contributed by atoms with E-state index >= 15 is 0 Å². The Hall–Kier alpha value is -3.46. The molecule has 1 aliphatic heterocycles. The number of nitrogens with one attached hydrogen (secondary N) is 1. The molecule has 1 saturated heterocycles. The average molecular weight is 394 g/mol. The number of morpholine rings is 1. The maximum Gasteiger partial charge on any atom is 0.228 e. The molecule has 1 aliphatic rings. The number of aromatic nitrogens is 4. The molecule has 0 bridgehead atoms. The maximum atomic E-state index is 5.46. The van der Waals surface area contributed by atoms with Gasteiger partial charge in [-0.25, -0.2) is 15.0 Å². The van der Waals surface area contributed by atoms with E-state index in [4.69, 9.17) is 19.2 Å². The van der Waals surface area contributed by atoms with Crippen LogP contribution < -0.4 is 19.7 Å². The molecular weight excluding hydrogens is 372 g/mol. The number of hydrogen-bond donors (Lipinski definition) is 1. The molecule has 0 amide bonds. The van der Waals surface area contributed by atoms with Crippen LogP contribution in [0.3, 0.4) is 0 Å². The highest BCUT2D eigenvalue weighted by atomic mass is 16.5. The first-order valence-electron chi connectivity index (χ1n) is 9.24. The molecule has 0 radical (unpaired) electrons. The Morgan fingerprint density at radius 3 is 2.52 bits per heavy atom. The SMILES string of the molecule is COc1ccc(-c2cc(Nc3ccncn3)nc(N3CCOCC3)n2)cc1OC. The zero-order valence-corrected chi connectivity index (χ0v) is 16.3. The third kappa shape index (κ3) is 4.35. The molecule has 4 rings (SSSR count). The largest absolute Gasteiger partial charge is 0.493 e. The van der Waals surface area contributed by atoms with Gasteiger partial charge in [0.1, 0.15) is 18.0 Å². The number of rotatable bonds is 6. The molecule has 9 nitrogen and oxygen atoms in total. The Morgan fingerprint density at radius 2 is 1.79 bits per heavy atom. The first kappa shape index (κ1) is 18.9. The number of nitrogens with zero attached hydrogens (tertiary/aromatic N) is 5. The van der Waals surface area contributed by atoms with Crippen molar-refractivity contribution in [2.75, 3.05) is 50.7 Å². The summed E-state index contributed by atoms with van der Waals surface area (Å²) in [7, 11) is 3.23. The van der Waals surface area contributed by atoms with Crippen molar-refractivity contribution in [2.24, 2.45) is 0 Å². The van der Waals surface area contributed by atoms with Gasteiger partial charge in [-0.2, -0.15) is 4.98 Å². The fourth-order valence-corrected chi connectivity index (χ4v) is 3.04. The molecule has 1 aromatic carbocycles. The highest BCUT2D eigenvalue weighted by molar-refractivity contribution is 5.69. The highest BCUT2D eigenvalue weighted by Gasteiger charge is 2.17. The van der Waals surface area contributed by atoms with Gasteiger partial charge in [0, 0.05) is 30.9 Å². The third-order valence-corrected chi connectivity index (χ3v) is 4.53. The van der Waals surface area contributed by atoms with Crippen LogP contribution in [0, 0.1) is 0 Å². The second-order valence-electron chi connectivity index (χ2n) is 6.33. The molecule has 0 saturated carbocycles. The number of anilines is 3. The van der Waals surface area contributed by atoms with Crippen LogP contribution in [0.2, 0.25) is 0 Å². The average Bonchev–Trinajstić information content (AvgIpc) is 2.79. The van der Waals surface area contributed by atoms with E-state index < -0.39 is 0 Å². The summed E-state index contributed by atoms with van der Waals surface area (Å²) in [5, 5.41) is 3.23. The van der Waals surface area contributed by atoms with Gasteiger partial charge in [0.05, 0.1) is 33.1 Å². The summed E-state index contributed by atoms with van der Waals surface area (Å²) in [6, 6.07) is 9.38. The van der Waals surface area contributed by atoms with Gasteiger partial charge < -0.3 is 24.4 Å². The minimum atomic E-state index is 0.636. The van der Waals surface area contributed by atoms with E-state index in [1.165, 1.54) is 6.33 Å². The topological polar surface area (TPSA) is 94.5 Å². The molecule has 9 heteroatoms. The summed E-state index contributed by atoms with van der Waals surface area (Å²) in [5.74, 6) is 3.24. The van der Waals surface area contributed by atoms with Gasteiger partial charge in [-0.05, 0) is 24.3 Å². The van der Waals surface area contributed by atoms with Crippen LogP contribution in [0.4, 0.5) is 17.6 Å². The zero-order valence-electron chi connectivity index (χ0n) is 16.3. The first-order valence-corrected chi connectivity index (χ1v) is 9.24. The van der Waals surface area contributed by atoms with E-state index in [0.29, 0.717) is 42.3 Å². The van der Waals surface area contributed by atoms with Crippen molar-refractivity contribution in [3.05, 3.63) is 42.9 Å². The van der Waals surface area contributed by atoms with Gasteiger partial charge >= 0.3 is 0 Å². The summed E-state index contributed by atoms with van der Waals surface area (Å²) in [4.78, 5) is 19.7. The number of methoxy groups -OCH3 is 2. The standard InChI is InChI=1S/C20H22N6O3/c1-27-16-4-3-14(11-17(16)28-2)15-12-19(24-18-5-6-21-13-22-18)25-20(23-15)26-7-9-29-10-8-26/h3-6,11-13H,7-10H2,1-2H3,(H,21,22,23,24,25). The van der Waals surface area contributed by atoms with Gasteiger partial charge in [-0.3, -0.25) is 0 Å². The fraction of sp³-hybridized carbons (Fsp3) is 0.300. The van der Waals surface area contributed by atoms with E-state index in [9.17, 15) is 0 Å². The lowest BCUT2D eigenvalue weighted by Crippen LogP contribution is -2.37. The third-order valence-electron chi connectivity index (χ3n) is 4.53. The van der Waals surface area contributed by atoms with Crippen molar-refractivity contribution in [1.82, 2.24) is 19.9 Å². The second-order valence-corrected chi connectivity index (χ2v) is 6.33. The Morgan fingerprint density at radius 1 is 0.966 bits per heavy atom. The molecule has 2 aromatic heterocycles. The molecule has 0 spiro atoms. The molecule has 0 atom stereocenters. The van der Waals surface area contributed by atoms with Crippen molar-refractivity contribution in [3.63, 3.8) is 0 Å². The van der Waals surface area contributed by atoms with Gasteiger partial charge in [0.2, 0.25) is 5.95 Å². The normalized spacial score (nSPS) is 13.8. The van der Waals surface area contributed by atoms with Crippen LogP contribution in [-0.4, -0.2) is 60.5 Å². The van der Waals surface area contributed by atoms with Crippen molar-refractivity contribution in [3.8, 4) is 22.8 Å². The molecular formula is C20H22N6O3. The molecule has 0 aliphatic carbocycles.